The molecule has 138 valence electrons. The Morgan fingerprint density at radius 2 is 1.70 bits per heavy atom. The lowest BCUT2D eigenvalue weighted by molar-refractivity contribution is 0.0946. The number of carbonyl (C=O) groups excluding carboxylic acids is 1. The van der Waals surface area contributed by atoms with Gasteiger partial charge in [-0.3, -0.25) is 14.2 Å². The van der Waals surface area contributed by atoms with Gasteiger partial charge in [-0.2, -0.15) is 9.78 Å². The summed E-state index contributed by atoms with van der Waals surface area (Å²) in [6.45, 7) is 4.11. The number of aromatic nitrogens is 3. The number of rotatable bonds is 5. The molecule has 3 aromatic rings. The van der Waals surface area contributed by atoms with Crippen molar-refractivity contribution in [1.29, 1.82) is 0 Å². The van der Waals surface area contributed by atoms with Gasteiger partial charge in [0.1, 0.15) is 0 Å². The van der Waals surface area contributed by atoms with Crippen molar-refractivity contribution < 1.29 is 4.79 Å². The van der Waals surface area contributed by atoms with Gasteiger partial charge in [0.15, 0.2) is 0 Å². The summed E-state index contributed by atoms with van der Waals surface area (Å²) < 4.78 is 2.12. The van der Waals surface area contributed by atoms with Crippen LogP contribution in [0.4, 0.5) is 0 Å². The summed E-state index contributed by atoms with van der Waals surface area (Å²) in [6.07, 6.45) is 0. The molecule has 0 saturated heterocycles. The molecular weight excluding hydrogens is 344 g/mol. The molecule has 0 bridgehead atoms. The Hall–Kier alpha value is -3.48. The maximum Gasteiger partial charge on any atom is 0.352 e. The van der Waals surface area contributed by atoms with Crippen molar-refractivity contribution in [3.8, 4) is 5.69 Å². The van der Waals surface area contributed by atoms with Crippen molar-refractivity contribution in [3.05, 3.63) is 92.3 Å². The van der Waals surface area contributed by atoms with Crippen molar-refractivity contribution >= 4 is 5.91 Å². The number of nitrogens with one attached hydrogen (secondary N) is 1. The number of nitrogens with zero attached hydrogens (tertiary/aromatic N) is 3. The summed E-state index contributed by atoms with van der Waals surface area (Å²) in [6, 6.07) is 16.2. The van der Waals surface area contributed by atoms with Crippen LogP contribution >= 0.6 is 0 Å². The van der Waals surface area contributed by atoms with E-state index in [0.717, 1.165) is 20.4 Å². The van der Waals surface area contributed by atoms with Gasteiger partial charge >= 0.3 is 5.69 Å². The van der Waals surface area contributed by atoms with E-state index in [-0.39, 0.29) is 12.2 Å². The average Bonchev–Trinajstić information content (AvgIpc) is 2.67. The summed E-state index contributed by atoms with van der Waals surface area (Å²) in [7, 11) is 0. The molecule has 3 rings (SSSR count). The number of hydrogen-bond acceptors (Lipinski definition) is 4. The van der Waals surface area contributed by atoms with E-state index in [1.165, 1.54) is 0 Å². The molecule has 7 nitrogen and oxygen atoms in total. The first-order chi connectivity index (χ1) is 13.0. The lowest BCUT2D eigenvalue weighted by atomic mass is 10.1. The summed E-state index contributed by atoms with van der Waals surface area (Å²) >= 11 is 0. The van der Waals surface area contributed by atoms with Crippen molar-refractivity contribution in [2.24, 2.45) is 0 Å². The number of amides is 1. The second-order valence-electron chi connectivity index (χ2n) is 6.11. The minimum absolute atomic E-state index is 0.0553. The third-order valence-electron chi connectivity index (χ3n) is 4.07. The van der Waals surface area contributed by atoms with Crippen LogP contribution in [0.2, 0.25) is 0 Å². The van der Waals surface area contributed by atoms with Crippen molar-refractivity contribution in [1.82, 2.24) is 19.7 Å². The van der Waals surface area contributed by atoms with E-state index in [4.69, 9.17) is 0 Å². The molecule has 0 fully saturated rings. The normalized spacial score (nSPS) is 10.6. The predicted octanol–water partition coefficient (Wildman–Crippen LogP) is 1.50. The van der Waals surface area contributed by atoms with Crippen LogP contribution in [0.25, 0.3) is 5.69 Å². The van der Waals surface area contributed by atoms with Crippen molar-refractivity contribution in [2.75, 3.05) is 6.54 Å². The van der Waals surface area contributed by atoms with Crippen LogP contribution in [0, 0.1) is 6.92 Å². The molecular formula is C20H20N4O3. The molecule has 0 saturated carbocycles. The van der Waals surface area contributed by atoms with Crippen LogP contribution in [0.5, 0.6) is 0 Å². The molecule has 0 unspecified atom stereocenters. The molecule has 0 aliphatic rings. The zero-order chi connectivity index (χ0) is 19.4. The van der Waals surface area contributed by atoms with E-state index < -0.39 is 17.2 Å². The highest BCUT2D eigenvalue weighted by Crippen LogP contribution is 2.05. The molecule has 1 heterocycles. The third-order valence-corrected chi connectivity index (χ3v) is 4.07. The number of aryl methyl sites for hydroxylation is 1. The highest BCUT2D eigenvalue weighted by molar-refractivity contribution is 5.91. The maximum absolute atomic E-state index is 12.9. The largest absolute Gasteiger partial charge is 0.352 e. The third kappa shape index (κ3) is 3.87. The van der Waals surface area contributed by atoms with Gasteiger partial charge in [0.05, 0.1) is 12.2 Å². The Kier molecular flexibility index (Phi) is 5.30. The van der Waals surface area contributed by atoms with E-state index in [0.29, 0.717) is 12.2 Å². The van der Waals surface area contributed by atoms with E-state index >= 15 is 0 Å². The quantitative estimate of drug-likeness (QED) is 0.743. The number of para-hydroxylation sites is 1. The number of benzene rings is 2. The van der Waals surface area contributed by atoms with Crippen LogP contribution in [0.15, 0.2) is 64.2 Å². The standard InChI is InChI=1S/C20H20N4O3/c1-3-21-18(25)17-19(26)23(13-15-11-9-14(2)10-12-15)20(27)24(22-17)16-7-5-4-6-8-16/h4-12H,3,13H2,1-2H3,(H,21,25). The van der Waals surface area contributed by atoms with Gasteiger partial charge < -0.3 is 5.32 Å². The highest BCUT2D eigenvalue weighted by Gasteiger charge is 2.19. The van der Waals surface area contributed by atoms with E-state index in [2.05, 4.69) is 10.4 Å². The summed E-state index contributed by atoms with van der Waals surface area (Å²) in [5, 5.41) is 6.60. The Labute approximate surface area is 155 Å². The molecule has 0 aliphatic heterocycles. The summed E-state index contributed by atoms with van der Waals surface area (Å²) in [5.41, 5.74) is 0.717. The van der Waals surface area contributed by atoms with Gasteiger partial charge in [-0.15, -0.1) is 0 Å². The fourth-order valence-electron chi connectivity index (χ4n) is 2.65. The van der Waals surface area contributed by atoms with E-state index in [9.17, 15) is 14.4 Å². The van der Waals surface area contributed by atoms with Gasteiger partial charge in [-0.05, 0) is 31.5 Å². The first kappa shape index (κ1) is 18.3. The predicted molar refractivity (Wildman–Crippen MR) is 102 cm³/mol. The molecule has 7 heteroatoms. The Bertz CT molecular complexity index is 1070. The van der Waals surface area contributed by atoms with Crippen LogP contribution < -0.4 is 16.6 Å². The fourth-order valence-corrected chi connectivity index (χ4v) is 2.65. The van der Waals surface area contributed by atoms with Crippen LogP contribution in [0.3, 0.4) is 0 Å². The summed E-state index contributed by atoms with van der Waals surface area (Å²) in [4.78, 5) is 38.0. The van der Waals surface area contributed by atoms with Gasteiger partial charge in [-0.1, -0.05) is 48.0 Å². The lowest BCUT2D eigenvalue weighted by Gasteiger charge is -2.12. The fraction of sp³-hybridized carbons (Fsp3) is 0.200. The van der Waals surface area contributed by atoms with Gasteiger partial charge in [-0.25, -0.2) is 4.79 Å². The molecule has 27 heavy (non-hydrogen) atoms. The number of carbonyl (C=O) groups is 1. The molecule has 0 radical (unpaired) electrons. The zero-order valence-corrected chi connectivity index (χ0v) is 15.2. The van der Waals surface area contributed by atoms with Crippen LogP contribution in [-0.4, -0.2) is 26.8 Å². The maximum atomic E-state index is 12.9. The van der Waals surface area contributed by atoms with E-state index in [1.807, 2.05) is 37.3 Å². The van der Waals surface area contributed by atoms with Gasteiger partial charge in [0.2, 0.25) is 5.69 Å². The molecule has 2 aromatic carbocycles. The Balaban J connectivity index is 2.19. The minimum Gasteiger partial charge on any atom is -0.351 e. The van der Waals surface area contributed by atoms with Crippen LogP contribution in [-0.2, 0) is 6.54 Å². The first-order valence-corrected chi connectivity index (χ1v) is 8.64. The second kappa shape index (κ2) is 7.82. The molecule has 1 amide bonds. The van der Waals surface area contributed by atoms with Gasteiger partial charge in [0, 0.05) is 6.54 Å². The Morgan fingerprint density at radius 3 is 2.33 bits per heavy atom. The second-order valence-corrected chi connectivity index (χ2v) is 6.11. The first-order valence-electron chi connectivity index (χ1n) is 8.64. The summed E-state index contributed by atoms with van der Waals surface area (Å²) in [5.74, 6) is -0.607. The van der Waals surface area contributed by atoms with Crippen LogP contribution in [0.1, 0.15) is 28.5 Å². The lowest BCUT2D eigenvalue weighted by Crippen LogP contribution is -2.46. The average molecular weight is 364 g/mol. The molecule has 1 N–H and O–H groups in total. The molecule has 0 aliphatic carbocycles. The SMILES string of the molecule is CCNC(=O)c1nn(-c2ccccc2)c(=O)n(Cc2ccc(C)cc2)c1=O. The minimum atomic E-state index is -0.710. The van der Waals surface area contributed by atoms with E-state index in [1.54, 1.807) is 31.2 Å². The smallest absolute Gasteiger partial charge is 0.351 e. The van der Waals surface area contributed by atoms with Crippen molar-refractivity contribution in [3.63, 3.8) is 0 Å². The van der Waals surface area contributed by atoms with Gasteiger partial charge in [0.25, 0.3) is 11.5 Å². The molecule has 0 atom stereocenters. The van der Waals surface area contributed by atoms with Crippen molar-refractivity contribution in [2.45, 2.75) is 20.4 Å². The Morgan fingerprint density at radius 1 is 1.04 bits per heavy atom. The zero-order valence-electron chi connectivity index (χ0n) is 15.2. The topological polar surface area (TPSA) is 86.0 Å². The monoisotopic (exact) mass is 364 g/mol. The molecule has 1 aromatic heterocycles. The molecule has 0 spiro atoms. The number of hydrogen-bond donors (Lipinski definition) is 1. The highest BCUT2D eigenvalue weighted by atomic mass is 16.2.